The molecule has 6 heteroatoms. The largest absolute Gasteiger partial charge is 0.353 e. The van der Waals surface area contributed by atoms with Crippen molar-refractivity contribution in [3.63, 3.8) is 0 Å². The fourth-order valence-electron chi connectivity index (χ4n) is 3.84. The highest BCUT2D eigenvalue weighted by molar-refractivity contribution is 6.00. The Morgan fingerprint density at radius 3 is 2.27 bits per heavy atom. The Kier molecular flexibility index (Phi) is 3.67. The van der Waals surface area contributed by atoms with Crippen LogP contribution in [-0.2, 0) is 0 Å². The smallest absolute Gasteiger partial charge is 0.135 e. The van der Waals surface area contributed by atoms with Crippen molar-refractivity contribution in [2.75, 3.05) is 0 Å². The number of fused-ring (bicyclic) bond motifs is 2. The van der Waals surface area contributed by atoms with Crippen LogP contribution < -0.4 is 0 Å². The summed E-state index contributed by atoms with van der Waals surface area (Å²) in [6, 6.07) is 20.4. The first-order chi connectivity index (χ1) is 14.9. The molecule has 142 valence electrons. The molecule has 0 aliphatic rings. The fraction of sp³-hybridized carbons (Fsp3) is 0. The number of rotatable bonds is 3. The Morgan fingerprint density at radius 1 is 0.700 bits per heavy atom. The summed E-state index contributed by atoms with van der Waals surface area (Å²) in [6.07, 6.45) is 7.17. The van der Waals surface area contributed by atoms with Gasteiger partial charge in [0.1, 0.15) is 11.2 Å². The van der Waals surface area contributed by atoms with Crippen LogP contribution in [0.25, 0.3) is 55.7 Å². The second kappa shape index (κ2) is 6.63. The van der Waals surface area contributed by atoms with E-state index in [4.69, 9.17) is 4.98 Å². The summed E-state index contributed by atoms with van der Waals surface area (Å²) >= 11 is 0. The third-order valence-corrected chi connectivity index (χ3v) is 5.29. The van der Waals surface area contributed by atoms with Crippen molar-refractivity contribution in [3.8, 4) is 33.8 Å². The van der Waals surface area contributed by atoms with Gasteiger partial charge in [-0.3, -0.25) is 15.1 Å². The van der Waals surface area contributed by atoms with Crippen LogP contribution in [-0.4, -0.2) is 30.1 Å². The molecule has 6 aromatic rings. The number of aromatic nitrogens is 6. The molecule has 0 spiro atoms. The molecule has 0 aliphatic carbocycles. The van der Waals surface area contributed by atoms with Gasteiger partial charge in [-0.15, -0.1) is 0 Å². The zero-order chi connectivity index (χ0) is 19.9. The van der Waals surface area contributed by atoms with E-state index in [2.05, 4.69) is 49.4 Å². The van der Waals surface area contributed by atoms with Gasteiger partial charge in [0.2, 0.25) is 0 Å². The molecule has 0 unspecified atom stereocenters. The van der Waals surface area contributed by atoms with Gasteiger partial charge in [-0.2, -0.15) is 5.10 Å². The molecule has 1 aromatic carbocycles. The van der Waals surface area contributed by atoms with Crippen molar-refractivity contribution in [1.82, 2.24) is 30.1 Å². The molecule has 2 N–H and O–H groups in total. The maximum Gasteiger partial charge on any atom is 0.135 e. The van der Waals surface area contributed by atoms with Gasteiger partial charge >= 0.3 is 0 Å². The van der Waals surface area contributed by atoms with Crippen molar-refractivity contribution in [1.29, 1.82) is 0 Å². The average molecular weight is 388 g/mol. The lowest BCUT2D eigenvalue weighted by atomic mass is 10.0. The summed E-state index contributed by atoms with van der Waals surface area (Å²) in [5, 5.41) is 8.80. The van der Waals surface area contributed by atoms with Crippen LogP contribution in [0.3, 0.4) is 0 Å². The second-order valence-corrected chi connectivity index (χ2v) is 7.09. The van der Waals surface area contributed by atoms with E-state index in [0.29, 0.717) is 0 Å². The minimum absolute atomic E-state index is 0.804. The van der Waals surface area contributed by atoms with Gasteiger partial charge in [0.15, 0.2) is 0 Å². The molecule has 0 amide bonds. The molecule has 0 saturated carbocycles. The lowest BCUT2D eigenvalue weighted by molar-refractivity contribution is 1.12. The molecule has 0 saturated heterocycles. The van der Waals surface area contributed by atoms with Crippen molar-refractivity contribution in [2.24, 2.45) is 0 Å². The molecule has 6 rings (SSSR count). The highest BCUT2D eigenvalue weighted by Gasteiger charge is 2.15. The van der Waals surface area contributed by atoms with Crippen LogP contribution in [0.4, 0.5) is 0 Å². The van der Waals surface area contributed by atoms with E-state index in [-0.39, 0.29) is 0 Å². The van der Waals surface area contributed by atoms with Crippen molar-refractivity contribution < 1.29 is 0 Å². The number of pyridine rings is 3. The molecule has 0 aliphatic heterocycles. The van der Waals surface area contributed by atoms with E-state index >= 15 is 0 Å². The third kappa shape index (κ3) is 2.66. The van der Waals surface area contributed by atoms with E-state index < -0.39 is 0 Å². The van der Waals surface area contributed by atoms with Gasteiger partial charge in [-0.1, -0.05) is 12.1 Å². The second-order valence-electron chi connectivity index (χ2n) is 7.09. The number of nitrogens with zero attached hydrogens (tertiary/aromatic N) is 4. The topological polar surface area (TPSA) is 83.1 Å². The lowest BCUT2D eigenvalue weighted by Gasteiger charge is -2.02. The summed E-state index contributed by atoms with van der Waals surface area (Å²) < 4.78 is 0. The fourth-order valence-corrected chi connectivity index (χ4v) is 3.84. The molecule has 0 radical (unpaired) electrons. The minimum Gasteiger partial charge on any atom is -0.353 e. The Balaban J connectivity index is 1.52. The lowest BCUT2D eigenvalue weighted by Crippen LogP contribution is -1.86. The predicted molar refractivity (Wildman–Crippen MR) is 118 cm³/mol. The molecule has 0 atom stereocenters. The summed E-state index contributed by atoms with van der Waals surface area (Å²) in [4.78, 5) is 16.6. The number of hydrogen-bond donors (Lipinski definition) is 2. The molecule has 0 bridgehead atoms. The van der Waals surface area contributed by atoms with E-state index in [1.54, 1.807) is 12.4 Å². The van der Waals surface area contributed by atoms with Gasteiger partial charge in [-0.05, 0) is 59.7 Å². The van der Waals surface area contributed by atoms with Crippen LogP contribution in [0.2, 0.25) is 0 Å². The Morgan fingerprint density at radius 2 is 1.47 bits per heavy atom. The number of benzene rings is 1. The van der Waals surface area contributed by atoms with E-state index in [9.17, 15) is 0 Å². The average Bonchev–Trinajstić information content (AvgIpc) is 3.43. The molecular weight excluding hydrogens is 372 g/mol. The third-order valence-electron chi connectivity index (χ3n) is 5.29. The number of H-pyrrole nitrogens is 2. The maximum atomic E-state index is 4.88. The standard InChI is InChI=1S/C24H16N6/c1-2-17(15-6-10-25-11-7-15)18-14-22(27-20(18)3-1)24-23-21(29-30-24)5-4-19(28-23)16-8-12-26-13-9-16/h1-14,27H,(H,29,30). The van der Waals surface area contributed by atoms with Gasteiger partial charge < -0.3 is 4.98 Å². The van der Waals surface area contributed by atoms with Gasteiger partial charge in [0.05, 0.1) is 16.9 Å². The zero-order valence-corrected chi connectivity index (χ0v) is 15.9. The quantitative estimate of drug-likeness (QED) is 0.435. The first kappa shape index (κ1) is 16.6. The molecule has 30 heavy (non-hydrogen) atoms. The SMILES string of the molecule is c1cc(-c2ccncc2)c2cc(-c3n[nH]c4ccc(-c5ccncc5)nc34)[nH]c2c1. The van der Waals surface area contributed by atoms with Crippen LogP contribution in [0, 0.1) is 0 Å². The predicted octanol–water partition coefficient (Wildman–Crippen LogP) is 5.23. The molecular formula is C24H16N6. The van der Waals surface area contributed by atoms with Crippen LogP contribution in [0.1, 0.15) is 0 Å². The Bertz CT molecular complexity index is 1480. The number of nitrogens with one attached hydrogen (secondary N) is 2. The van der Waals surface area contributed by atoms with Gasteiger partial charge in [0.25, 0.3) is 0 Å². The highest BCUT2D eigenvalue weighted by Crippen LogP contribution is 2.33. The van der Waals surface area contributed by atoms with Crippen LogP contribution in [0.5, 0.6) is 0 Å². The molecule has 0 fully saturated rings. The number of hydrogen-bond acceptors (Lipinski definition) is 4. The van der Waals surface area contributed by atoms with Crippen molar-refractivity contribution in [2.45, 2.75) is 0 Å². The first-order valence-corrected chi connectivity index (χ1v) is 9.65. The zero-order valence-electron chi connectivity index (χ0n) is 15.9. The molecule has 6 nitrogen and oxygen atoms in total. The summed E-state index contributed by atoms with van der Waals surface area (Å²) in [6.45, 7) is 0. The van der Waals surface area contributed by atoms with E-state index in [1.807, 2.05) is 48.8 Å². The minimum atomic E-state index is 0.804. The van der Waals surface area contributed by atoms with Gasteiger partial charge in [-0.25, -0.2) is 4.98 Å². The van der Waals surface area contributed by atoms with Crippen molar-refractivity contribution in [3.05, 3.63) is 85.5 Å². The Labute approximate surface area is 171 Å². The number of aromatic amines is 2. The monoisotopic (exact) mass is 388 g/mol. The molecule has 5 heterocycles. The van der Waals surface area contributed by atoms with E-state index in [0.717, 1.165) is 55.7 Å². The normalized spacial score (nSPS) is 11.3. The van der Waals surface area contributed by atoms with Crippen molar-refractivity contribution >= 4 is 21.9 Å². The maximum absolute atomic E-state index is 4.88. The van der Waals surface area contributed by atoms with Gasteiger partial charge in [0, 0.05) is 41.3 Å². The summed E-state index contributed by atoms with van der Waals surface area (Å²) in [5.74, 6) is 0. The van der Waals surface area contributed by atoms with Crippen LogP contribution >= 0.6 is 0 Å². The first-order valence-electron chi connectivity index (χ1n) is 9.65. The van der Waals surface area contributed by atoms with Crippen LogP contribution in [0.15, 0.2) is 85.5 Å². The highest BCUT2D eigenvalue weighted by atomic mass is 15.1. The summed E-state index contributed by atoms with van der Waals surface area (Å²) in [7, 11) is 0. The Hall–Kier alpha value is -4.32. The van der Waals surface area contributed by atoms with E-state index in [1.165, 1.54) is 0 Å². The molecule has 5 aromatic heterocycles. The summed E-state index contributed by atoms with van der Waals surface area (Å²) in [5.41, 5.74) is 8.72.